The first-order valence-corrected chi connectivity index (χ1v) is 5.32. The summed E-state index contributed by atoms with van der Waals surface area (Å²) in [6.07, 6.45) is -4.73. The van der Waals surface area contributed by atoms with E-state index >= 15 is 0 Å². The Hall–Kier alpha value is -1.47. The maximum Gasteiger partial charge on any atom is 0.573 e. The van der Waals surface area contributed by atoms with Gasteiger partial charge in [0.2, 0.25) is 5.91 Å². The number of nitrogens with zero attached hydrogens (tertiary/aromatic N) is 1. The van der Waals surface area contributed by atoms with Crippen molar-refractivity contribution in [3.05, 3.63) is 24.3 Å². The van der Waals surface area contributed by atoms with E-state index in [1.807, 2.05) is 0 Å². The molecule has 0 saturated carbocycles. The predicted octanol–water partition coefficient (Wildman–Crippen LogP) is 1.94. The Balaban J connectivity index is 0.00000180. The molecular weight excluding hydrogens is 285 g/mol. The monoisotopic (exact) mass is 296 g/mol. The van der Waals surface area contributed by atoms with Crippen LogP contribution in [0.2, 0.25) is 0 Å². The highest BCUT2D eigenvalue weighted by Crippen LogP contribution is 2.27. The molecule has 1 fully saturated rings. The molecule has 0 aliphatic carbocycles. The Kier molecular flexibility index (Phi) is 5.02. The van der Waals surface area contributed by atoms with Gasteiger partial charge in [-0.25, -0.2) is 0 Å². The van der Waals surface area contributed by atoms with Gasteiger partial charge < -0.3 is 15.0 Å². The number of ether oxygens (including phenoxy) is 1. The van der Waals surface area contributed by atoms with E-state index in [1.165, 1.54) is 23.1 Å². The van der Waals surface area contributed by atoms with Gasteiger partial charge in [0.1, 0.15) is 5.75 Å². The number of alkyl halides is 3. The van der Waals surface area contributed by atoms with Crippen LogP contribution in [-0.4, -0.2) is 31.9 Å². The molecule has 8 heteroatoms. The number of carbonyl (C=O) groups excluding carboxylic acids is 1. The minimum absolute atomic E-state index is 0. The Bertz CT molecular complexity index is 454. The molecule has 0 aromatic heterocycles. The Morgan fingerprint density at radius 1 is 1.32 bits per heavy atom. The van der Waals surface area contributed by atoms with E-state index < -0.39 is 6.36 Å². The van der Waals surface area contributed by atoms with Gasteiger partial charge >= 0.3 is 6.36 Å². The van der Waals surface area contributed by atoms with Gasteiger partial charge in [-0.1, -0.05) is 6.07 Å². The number of rotatable bonds is 2. The quantitative estimate of drug-likeness (QED) is 0.907. The van der Waals surface area contributed by atoms with Gasteiger partial charge in [0.25, 0.3) is 0 Å². The van der Waals surface area contributed by atoms with Crippen LogP contribution in [0.1, 0.15) is 0 Å². The van der Waals surface area contributed by atoms with Crippen LogP contribution in [0.25, 0.3) is 0 Å². The van der Waals surface area contributed by atoms with Crippen molar-refractivity contribution in [2.24, 2.45) is 0 Å². The molecule has 1 amide bonds. The summed E-state index contributed by atoms with van der Waals surface area (Å²) in [5.74, 6) is -0.503. The van der Waals surface area contributed by atoms with Gasteiger partial charge in [0.15, 0.2) is 0 Å². The normalized spacial score (nSPS) is 15.9. The van der Waals surface area contributed by atoms with Gasteiger partial charge in [0.05, 0.1) is 6.54 Å². The van der Waals surface area contributed by atoms with E-state index in [0.29, 0.717) is 18.8 Å². The van der Waals surface area contributed by atoms with Crippen molar-refractivity contribution in [1.29, 1.82) is 0 Å². The zero-order valence-electron chi connectivity index (χ0n) is 9.74. The fraction of sp³-hybridized carbons (Fsp3) is 0.364. The average molecular weight is 297 g/mol. The minimum Gasteiger partial charge on any atom is -0.406 e. The molecule has 2 rings (SSSR count). The van der Waals surface area contributed by atoms with Crippen LogP contribution < -0.4 is 15.0 Å². The Labute approximate surface area is 113 Å². The van der Waals surface area contributed by atoms with Crippen LogP contribution in [0.15, 0.2) is 24.3 Å². The molecule has 106 valence electrons. The molecule has 19 heavy (non-hydrogen) atoms. The molecule has 1 N–H and O–H groups in total. The zero-order valence-corrected chi connectivity index (χ0v) is 10.6. The lowest BCUT2D eigenvalue weighted by Gasteiger charge is -2.27. The maximum atomic E-state index is 12.1. The maximum absolute atomic E-state index is 12.1. The second-order valence-corrected chi connectivity index (χ2v) is 3.77. The van der Waals surface area contributed by atoms with Crippen molar-refractivity contribution in [1.82, 2.24) is 5.32 Å². The van der Waals surface area contributed by atoms with Gasteiger partial charge in [0, 0.05) is 24.8 Å². The van der Waals surface area contributed by atoms with E-state index in [-0.39, 0.29) is 30.6 Å². The first-order valence-electron chi connectivity index (χ1n) is 5.32. The number of hydrogen-bond acceptors (Lipinski definition) is 3. The van der Waals surface area contributed by atoms with E-state index in [9.17, 15) is 18.0 Å². The molecule has 1 aliphatic heterocycles. The summed E-state index contributed by atoms with van der Waals surface area (Å²) in [5, 5.41) is 2.88. The topological polar surface area (TPSA) is 41.6 Å². The molecule has 1 aromatic rings. The van der Waals surface area contributed by atoms with Gasteiger partial charge in [-0.05, 0) is 12.1 Å². The third-order valence-corrected chi connectivity index (χ3v) is 2.45. The van der Waals surface area contributed by atoms with Crippen molar-refractivity contribution in [3.8, 4) is 5.75 Å². The first kappa shape index (κ1) is 15.6. The summed E-state index contributed by atoms with van der Waals surface area (Å²) >= 11 is 0. The van der Waals surface area contributed by atoms with Crippen LogP contribution in [0.5, 0.6) is 5.75 Å². The third kappa shape index (κ3) is 4.29. The fourth-order valence-electron chi connectivity index (χ4n) is 1.73. The summed E-state index contributed by atoms with van der Waals surface area (Å²) in [6, 6.07) is 5.40. The Morgan fingerprint density at radius 2 is 2.05 bits per heavy atom. The molecule has 0 spiro atoms. The van der Waals surface area contributed by atoms with Gasteiger partial charge in [-0.3, -0.25) is 4.79 Å². The van der Waals surface area contributed by atoms with Crippen molar-refractivity contribution >= 4 is 24.0 Å². The molecular formula is C11H12ClF3N2O2. The molecule has 1 aliphatic rings. The largest absolute Gasteiger partial charge is 0.573 e. The van der Waals surface area contributed by atoms with E-state index in [0.717, 1.165) is 0 Å². The summed E-state index contributed by atoms with van der Waals surface area (Å²) in [4.78, 5) is 13.0. The van der Waals surface area contributed by atoms with Crippen molar-refractivity contribution in [2.45, 2.75) is 6.36 Å². The van der Waals surface area contributed by atoms with Crippen molar-refractivity contribution in [2.75, 3.05) is 24.5 Å². The molecule has 0 unspecified atom stereocenters. The molecule has 1 saturated heterocycles. The number of carbonyl (C=O) groups is 1. The summed E-state index contributed by atoms with van der Waals surface area (Å²) in [6.45, 7) is 1.22. The summed E-state index contributed by atoms with van der Waals surface area (Å²) < 4.78 is 40.1. The number of hydrogen-bond donors (Lipinski definition) is 1. The van der Waals surface area contributed by atoms with Gasteiger partial charge in [-0.15, -0.1) is 25.6 Å². The van der Waals surface area contributed by atoms with Crippen LogP contribution in [0, 0.1) is 0 Å². The standard InChI is InChI=1S/C11H11F3N2O2.ClH/c12-11(13,14)18-9-3-1-2-8(6-9)16-5-4-15-7-10(16)17;/h1-3,6,15H,4-5,7H2;1H. The SMILES string of the molecule is Cl.O=C1CNCCN1c1cccc(OC(F)(F)F)c1. The molecule has 0 radical (unpaired) electrons. The van der Waals surface area contributed by atoms with Crippen LogP contribution in [0.3, 0.4) is 0 Å². The van der Waals surface area contributed by atoms with Crippen LogP contribution >= 0.6 is 12.4 Å². The zero-order chi connectivity index (χ0) is 13.2. The Morgan fingerprint density at radius 3 is 2.68 bits per heavy atom. The highest BCUT2D eigenvalue weighted by atomic mass is 35.5. The highest BCUT2D eigenvalue weighted by Gasteiger charge is 2.31. The van der Waals surface area contributed by atoms with Gasteiger partial charge in [-0.2, -0.15) is 0 Å². The number of amides is 1. The summed E-state index contributed by atoms with van der Waals surface area (Å²) in [7, 11) is 0. The van der Waals surface area contributed by atoms with Crippen LogP contribution in [0.4, 0.5) is 18.9 Å². The van der Waals surface area contributed by atoms with E-state index in [4.69, 9.17) is 0 Å². The lowest BCUT2D eigenvalue weighted by Crippen LogP contribution is -2.48. The second kappa shape index (κ2) is 6.12. The molecule has 0 bridgehead atoms. The number of benzene rings is 1. The van der Waals surface area contributed by atoms with Crippen molar-refractivity contribution < 1.29 is 22.7 Å². The number of nitrogens with one attached hydrogen (secondary N) is 1. The van der Waals surface area contributed by atoms with E-state index in [2.05, 4.69) is 10.1 Å². The number of anilines is 1. The number of halogens is 4. The first-order chi connectivity index (χ1) is 8.46. The predicted molar refractivity (Wildman–Crippen MR) is 65.6 cm³/mol. The fourth-order valence-corrected chi connectivity index (χ4v) is 1.73. The molecule has 1 heterocycles. The lowest BCUT2D eigenvalue weighted by molar-refractivity contribution is -0.274. The van der Waals surface area contributed by atoms with Crippen molar-refractivity contribution in [3.63, 3.8) is 0 Å². The molecule has 4 nitrogen and oxygen atoms in total. The van der Waals surface area contributed by atoms with E-state index in [1.54, 1.807) is 6.07 Å². The minimum atomic E-state index is -4.73. The third-order valence-electron chi connectivity index (χ3n) is 2.45. The molecule has 0 atom stereocenters. The average Bonchev–Trinajstić information content (AvgIpc) is 2.27. The highest BCUT2D eigenvalue weighted by molar-refractivity contribution is 5.95. The van der Waals surface area contributed by atoms with Crippen LogP contribution in [-0.2, 0) is 4.79 Å². The summed E-state index contributed by atoms with van der Waals surface area (Å²) in [5.41, 5.74) is 0.406. The number of piperazine rings is 1. The smallest absolute Gasteiger partial charge is 0.406 e. The second-order valence-electron chi connectivity index (χ2n) is 3.77. The lowest BCUT2D eigenvalue weighted by atomic mass is 10.2. The molecule has 1 aromatic carbocycles.